The van der Waals surface area contributed by atoms with Gasteiger partial charge in [0.1, 0.15) is 0 Å². The number of quaternary nitrogens is 1. The molecular formula is C13H29N2O4S+. The third kappa shape index (κ3) is 8.50. The third-order valence-electron chi connectivity index (χ3n) is 3.58. The van der Waals surface area contributed by atoms with Crippen molar-refractivity contribution in [1.82, 2.24) is 5.32 Å². The highest BCUT2D eigenvalue weighted by Crippen LogP contribution is 2.19. The van der Waals surface area contributed by atoms with Gasteiger partial charge in [0.05, 0.1) is 26.4 Å². The number of unbranched alkanes of at least 4 members (excludes halogenated alkanes) is 1. The second kappa shape index (κ2) is 7.38. The summed E-state index contributed by atoms with van der Waals surface area (Å²) in [5.41, 5.74) is -0.370. The van der Waals surface area contributed by atoms with Gasteiger partial charge in [-0.2, -0.15) is 8.42 Å². The van der Waals surface area contributed by atoms with Crippen LogP contribution in [0.5, 0.6) is 0 Å². The summed E-state index contributed by atoms with van der Waals surface area (Å²) in [5, 5.41) is 2.94. The van der Waals surface area contributed by atoms with E-state index in [1.807, 2.05) is 34.9 Å². The quantitative estimate of drug-likeness (QED) is 0.290. The Kier molecular flexibility index (Phi) is 7.13. The van der Waals surface area contributed by atoms with Crippen LogP contribution in [0.15, 0.2) is 0 Å². The number of nitrogens with one attached hydrogen (secondary N) is 1. The van der Waals surface area contributed by atoms with Gasteiger partial charge in [-0.05, 0) is 19.3 Å². The molecule has 20 heavy (non-hydrogen) atoms. The number of hydrogen-bond acceptors (Lipinski definition) is 3. The Bertz CT molecular complexity index is 416. The molecule has 0 atom stereocenters. The molecular weight excluding hydrogens is 280 g/mol. The Labute approximate surface area is 122 Å². The van der Waals surface area contributed by atoms with Crippen LogP contribution < -0.4 is 5.32 Å². The molecule has 0 heterocycles. The van der Waals surface area contributed by atoms with Gasteiger partial charge in [-0.15, -0.1) is 0 Å². The first-order valence-corrected chi connectivity index (χ1v) is 8.56. The zero-order chi connectivity index (χ0) is 16.0. The molecule has 0 aliphatic rings. The van der Waals surface area contributed by atoms with Crippen LogP contribution in [0.25, 0.3) is 0 Å². The van der Waals surface area contributed by atoms with Crippen molar-refractivity contribution >= 4 is 16.0 Å². The van der Waals surface area contributed by atoms with E-state index in [9.17, 15) is 13.2 Å². The van der Waals surface area contributed by atoms with Gasteiger partial charge in [0.2, 0.25) is 5.91 Å². The Balaban J connectivity index is 4.11. The Hall–Kier alpha value is -0.660. The molecule has 0 bridgehead atoms. The number of carbonyl (C=O) groups is 1. The van der Waals surface area contributed by atoms with Gasteiger partial charge in [0.15, 0.2) is 6.67 Å². The molecule has 120 valence electrons. The van der Waals surface area contributed by atoms with Gasteiger partial charge in [-0.25, -0.2) is 0 Å². The lowest BCUT2D eigenvalue weighted by molar-refractivity contribution is -0.892. The normalized spacial score (nSPS) is 13.3. The molecule has 0 aromatic rings. The molecule has 6 nitrogen and oxygen atoms in total. The van der Waals surface area contributed by atoms with E-state index >= 15 is 0 Å². The highest BCUT2D eigenvalue weighted by Gasteiger charge is 2.27. The largest absolute Gasteiger partial charge is 0.311 e. The Morgan fingerprint density at radius 2 is 1.80 bits per heavy atom. The molecule has 0 rings (SSSR count). The molecule has 0 radical (unpaired) electrons. The molecule has 2 N–H and O–H groups in total. The monoisotopic (exact) mass is 309 g/mol. The number of hydrogen-bond donors (Lipinski definition) is 2. The van der Waals surface area contributed by atoms with Crippen molar-refractivity contribution in [3.8, 4) is 0 Å². The lowest BCUT2D eigenvalue weighted by Gasteiger charge is -2.31. The fraction of sp³-hybridized carbons (Fsp3) is 0.923. The molecule has 0 unspecified atom stereocenters. The van der Waals surface area contributed by atoms with Crippen LogP contribution in [0.4, 0.5) is 0 Å². The first-order chi connectivity index (χ1) is 8.90. The summed E-state index contributed by atoms with van der Waals surface area (Å²) < 4.78 is 30.4. The van der Waals surface area contributed by atoms with Crippen LogP contribution in [-0.4, -0.2) is 56.4 Å². The van der Waals surface area contributed by atoms with Crippen LogP contribution in [-0.2, 0) is 14.9 Å². The average molecular weight is 309 g/mol. The third-order valence-corrected chi connectivity index (χ3v) is 4.39. The maximum atomic E-state index is 12.0. The van der Waals surface area contributed by atoms with E-state index in [1.54, 1.807) is 0 Å². The lowest BCUT2D eigenvalue weighted by atomic mass is 9.89. The van der Waals surface area contributed by atoms with Crippen molar-refractivity contribution in [1.29, 1.82) is 0 Å². The number of rotatable bonds is 9. The Morgan fingerprint density at radius 1 is 1.25 bits per heavy atom. The molecule has 7 heteroatoms. The fourth-order valence-electron chi connectivity index (χ4n) is 1.59. The summed E-state index contributed by atoms with van der Waals surface area (Å²) >= 11 is 0. The van der Waals surface area contributed by atoms with E-state index in [4.69, 9.17) is 4.55 Å². The highest BCUT2D eigenvalue weighted by atomic mass is 32.2. The predicted octanol–water partition coefficient (Wildman–Crippen LogP) is 1.24. The highest BCUT2D eigenvalue weighted by molar-refractivity contribution is 7.85. The average Bonchev–Trinajstić information content (AvgIpc) is 2.30. The molecule has 0 aliphatic heterocycles. The van der Waals surface area contributed by atoms with E-state index in [0.717, 1.165) is 13.0 Å². The van der Waals surface area contributed by atoms with Crippen molar-refractivity contribution < 1.29 is 22.2 Å². The number of amides is 1. The maximum absolute atomic E-state index is 12.0. The first kappa shape index (κ1) is 19.3. The summed E-state index contributed by atoms with van der Waals surface area (Å²) in [6.07, 6.45) is 1.88. The van der Waals surface area contributed by atoms with Gasteiger partial charge in [0.25, 0.3) is 10.1 Å². The van der Waals surface area contributed by atoms with Crippen molar-refractivity contribution in [2.45, 2.75) is 40.0 Å². The van der Waals surface area contributed by atoms with Crippen LogP contribution in [0, 0.1) is 5.41 Å². The second-order valence-electron chi connectivity index (χ2n) is 6.55. The lowest BCUT2D eigenvalue weighted by Crippen LogP contribution is -2.51. The van der Waals surface area contributed by atoms with Crippen molar-refractivity contribution in [2.75, 3.05) is 33.1 Å². The number of carbonyl (C=O) groups excluding carboxylic acids is 1. The van der Waals surface area contributed by atoms with E-state index < -0.39 is 10.1 Å². The molecule has 0 saturated heterocycles. The van der Waals surface area contributed by atoms with Gasteiger partial charge in [-0.1, -0.05) is 20.8 Å². The minimum Gasteiger partial charge on any atom is -0.311 e. The van der Waals surface area contributed by atoms with Crippen LogP contribution in [0.3, 0.4) is 0 Å². The fourth-order valence-corrected chi connectivity index (χ4v) is 2.16. The molecule has 0 spiro atoms. The minimum absolute atomic E-state index is 0.0316. The first-order valence-electron chi connectivity index (χ1n) is 6.95. The van der Waals surface area contributed by atoms with Gasteiger partial charge in [-0.3, -0.25) is 9.35 Å². The summed E-state index contributed by atoms with van der Waals surface area (Å²) in [6, 6.07) is 0. The molecule has 0 saturated carbocycles. The van der Waals surface area contributed by atoms with E-state index in [-0.39, 0.29) is 17.1 Å². The van der Waals surface area contributed by atoms with Crippen LogP contribution in [0.2, 0.25) is 0 Å². The number of nitrogens with zero attached hydrogens (tertiary/aromatic N) is 1. The topological polar surface area (TPSA) is 83.5 Å². The van der Waals surface area contributed by atoms with Gasteiger partial charge < -0.3 is 9.80 Å². The maximum Gasteiger partial charge on any atom is 0.264 e. The summed E-state index contributed by atoms with van der Waals surface area (Å²) in [6.45, 7) is 7.05. The molecule has 0 aliphatic carbocycles. The van der Waals surface area contributed by atoms with E-state index in [2.05, 4.69) is 5.32 Å². The van der Waals surface area contributed by atoms with E-state index in [1.165, 1.54) is 0 Å². The molecule has 0 fully saturated rings. The molecule has 0 aromatic heterocycles. The standard InChI is InChI=1S/C13H28N2O4S/c1-6-13(2,3)12(16)14-11-15(4,5)9-7-8-10-20(17,18)19/h6-11H2,1-5H3,(H-,14,16,17,18,19)/p+1. The Morgan fingerprint density at radius 3 is 2.25 bits per heavy atom. The van der Waals surface area contributed by atoms with E-state index in [0.29, 0.717) is 24.0 Å². The van der Waals surface area contributed by atoms with Crippen molar-refractivity contribution in [3.63, 3.8) is 0 Å². The minimum atomic E-state index is -3.87. The predicted molar refractivity (Wildman–Crippen MR) is 79.7 cm³/mol. The SMILES string of the molecule is CCC(C)(C)C(=O)NC[N+](C)(C)CCCCS(=O)(=O)O. The smallest absolute Gasteiger partial charge is 0.264 e. The zero-order valence-corrected chi connectivity index (χ0v) is 14.1. The van der Waals surface area contributed by atoms with Crippen molar-refractivity contribution in [3.05, 3.63) is 0 Å². The molecule has 1 amide bonds. The van der Waals surface area contributed by atoms with Crippen LogP contribution >= 0.6 is 0 Å². The summed E-state index contributed by atoms with van der Waals surface area (Å²) in [4.78, 5) is 12.0. The van der Waals surface area contributed by atoms with Crippen LogP contribution in [0.1, 0.15) is 40.0 Å². The second-order valence-corrected chi connectivity index (χ2v) is 8.13. The zero-order valence-electron chi connectivity index (χ0n) is 13.3. The molecule has 0 aromatic carbocycles. The van der Waals surface area contributed by atoms with Gasteiger partial charge >= 0.3 is 0 Å². The van der Waals surface area contributed by atoms with Crippen molar-refractivity contribution in [2.24, 2.45) is 5.41 Å². The summed E-state index contributed by atoms with van der Waals surface area (Å²) in [7, 11) is 0.0907. The summed E-state index contributed by atoms with van der Waals surface area (Å²) in [5.74, 6) is -0.175. The van der Waals surface area contributed by atoms with Gasteiger partial charge in [0, 0.05) is 5.41 Å².